The second-order valence-corrected chi connectivity index (χ2v) is 10.6. The number of nitrogens with two attached hydrogens (primary N) is 1. The molecule has 2 atom stereocenters. The van der Waals surface area contributed by atoms with Crippen molar-refractivity contribution in [2.75, 3.05) is 26.2 Å². The number of rotatable bonds is 18. The van der Waals surface area contributed by atoms with Crippen LogP contribution >= 0.6 is 0 Å². The van der Waals surface area contributed by atoms with E-state index in [2.05, 4.69) is 66.4 Å². The lowest BCUT2D eigenvalue weighted by atomic mass is 9.93. The molecule has 3 aromatic rings. The van der Waals surface area contributed by atoms with Crippen molar-refractivity contribution in [1.82, 2.24) is 16.1 Å². The molecule has 39 heavy (non-hydrogen) atoms. The number of nitrogens with one attached hydrogen (secondary N) is 3. The summed E-state index contributed by atoms with van der Waals surface area (Å²) in [6.45, 7) is 6.76. The van der Waals surface area contributed by atoms with Crippen LogP contribution in [0.5, 0.6) is 0 Å². The van der Waals surface area contributed by atoms with Crippen LogP contribution in [0.4, 0.5) is 0 Å². The third-order valence-electron chi connectivity index (χ3n) is 6.84. The predicted octanol–water partition coefficient (Wildman–Crippen LogP) is 4.15. The van der Waals surface area contributed by atoms with Crippen LogP contribution in [0.2, 0.25) is 0 Å². The van der Waals surface area contributed by atoms with Crippen molar-refractivity contribution in [3.8, 4) is 0 Å². The number of carbonyl (C=O) groups excluding carboxylic acids is 2. The molecule has 0 saturated carbocycles. The molecule has 7 nitrogen and oxygen atoms in total. The molecule has 7 heteroatoms. The Balaban J connectivity index is 1.57. The van der Waals surface area contributed by atoms with Gasteiger partial charge in [0.05, 0.1) is 12.6 Å². The van der Waals surface area contributed by atoms with Crippen molar-refractivity contribution in [2.45, 2.75) is 52.0 Å². The number of fused-ring (bicyclic) bond motifs is 1. The van der Waals surface area contributed by atoms with Crippen LogP contribution in [-0.2, 0) is 27.3 Å². The molecular weight excluding hydrogens is 488 g/mol. The predicted molar refractivity (Wildman–Crippen MR) is 158 cm³/mol. The maximum Gasteiger partial charge on any atom is 0.237 e. The Kier molecular flexibility index (Phi) is 12.9. The fourth-order valence-electron chi connectivity index (χ4n) is 4.88. The molecule has 0 aliphatic carbocycles. The Morgan fingerprint density at radius 2 is 1.67 bits per heavy atom. The lowest BCUT2D eigenvalue weighted by Crippen LogP contribution is -2.48. The smallest absolute Gasteiger partial charge is 0.237 e. The Labute approximate surface area is 232 Å². The molecular formula is C32H44N4O3. The van der Waals surface area contributed by atoms with Crippen molar-refractivity contribution in [3.63, 3.8) is 0 Å². The van der Waals surface area contributed by atoms with E-state index in [1.54, 1.807) is 0 Å². The number of hydroxylamine groups is 1. The van der Waals surface area contributed by atoms with Crippen LogP contribution in [0.15, 0.2) is 72.8 Å². The van der Waals surface area contributed by atoms with E-state index in [1.807, 2.05) is 36.4 Å². The minimum atomic E-state index is -0.427. The molecule has 0 radical (unpaired) electrons. The highest BCUT2D eigenvalue weighted by Gasteiger charge is 2.21. The summed E-state index contributed by atoms with van der Waals surface area (Å²) in [5.74, 6) is 0.375. The van der Waals surface area contributed by atoms with Gasteiger partial charge in [-0.05, 0) is 66.0 Å². The molecule has 210 valence electrons. The summed E-state index contributed by atoms with van der Waals surface area (Å²) in [4.78, 5) is 30.0. The second kappa shape index (κ2) is 16.6. The first-order valence-corrected chi connectivity index (χ1v) is 14.1. The van der Waals surface area contributed by atoms with Gasteiger partial charge in [0.1, 0.15) is 0 Å². The van der Waals surface area contributed by atoms with Crippen molar-refractivity contribution in [1.29, 1.82) is 0 Å². The van der Waals surface area contributed by atoms with Crippen LogP contribution in [-0.4, -0.2) is 44.1 Å². The third-order valence-corrected chi connectivity index (χ3v) is 6.84. The van der Waals surface area contributed by atoms with Crippen LogP contribution in [0.3, 0.4) is 0 Å². The largest absolute Gasteiger partial charge is 0.370 e. The molecule has 5 N–H and O–H groups in total. The summed E-state index contributed by atoms with van der Waals surface area (Å²) in [6, 6.07) is 24.3. The standard InChI is InChI=1S/C32H44N4O3/c1-24(2)21-26(15-19-36-39-20-17-25-9-4-3-5-10-25)23-35-30(32(38)34-18-16-31(33)37)22-28-13-8-12-27-11-6-7-14-29(27)28/h3-14,24,26,30,35-36H,15-23H2,1-2H3,(H2,33,37)(H,34,38)/t26-,30-/m0/s1. The molecule has 0 saturated heterocycles. The summed E-state index contributed by atoms with van der Waals surface area (Å²) in [5.41, 5.74) is 10.8. The molecule has 0 aliphatic rings. The maximum absolute atomic E-state index is 13.2. The first-order chi connectivity index (χ1) is 18.9. The van der Waals surface area contributed by atoms with Crippen molar-refractivity contribution in [3.05, 3.63) is 83.9 Å². The molecule has 3 aromatic carbocycles. The first kappa shape index (κ1) is 30.3. The number of benzene rings is 3. The SMILES string of the molecule is CC(C)C[C@H](CCNOCCc1ccccc1)CN[C@@H](Cc1cccc2ccccc12)C(=O)NCCC(N)=O. The highest BCUT2D eigenvalue weighted by molar-refractivity contribution is 5.88. The maximum atomic E-state index is 13.2. The zero-order chi connectivity index (χ0) is 27.9. The Bertz CT molecular complexity index is 1150. The van der Waals surface area contributed by atoms with Crippen molar-refractivity contribution < 1.29 is 14.4 Å². The van der Waals surface area contributed by atoms with Gasteiger partial charge in [-0.25, -0.2) is 5.48 Å². The van der Waals surface area contributed by atoms with Gasteiger partial charge in [-0.3, -0.25) is 9.59 Å². The van der Waals surface area contributed by atoms with Gasteiger partial charge in [-0.15, -0.1) is 0 Å². The van der Waals surface area contributed by atoms with Crippen LogP contribution in [0.1, 0.15) is 44.2 Å². The summed E-state index contributed by atoms with van der Waals surface area (Å²) >= 11 is 0. The summed E-state index contributed by atoms with van der Waals surface area (Å²) < 4.78 is 0. The van der Waals surface area contributed by atoms with Gasteiger partial charge in [0, 0.05) is 19.5 Å². The molecule has 0 heterocycles. The molecule has 0 aromatic heterocycles. The van der Waals surface area contributed by atoms with Gasteiger partial charge < -0.3 is 21.2 Å². The zero-order valence-electron chi connectivity index (χ0n) is 23.3. The average molecular weight is 533 g/mol. The normalized spacial score (nSPS) is 12.9. The van der Waals surface area contributed by atoms with Crippen LogP contribution < -0.4 is 21.8 Å². The molecule has 3 rings (SSSR count). The van der Waals surface area contributed by atoms with Crippen LogP contribution in [0, 0.1) is 11.8 Å². The summed E-state index contributed by atoms with van der Waals surface area (Å²) in [7, 11) is 0. The van der Waals surface area contributed by atoms with E-state index in [0.717, 1.165) is 42.1 Å². The van der Waals surface area contributed by atoms with Gasteiger partial charge in [-0.1, -0.05) is 86.6 Å². The minimum Gasteiger partial charge on any atom is -0.370 e. The Hall–Kier alpha value is -3.26. The highest BCUT2D eigenvalue weighted by Crippen LogP contribution is 2.20. The number of amides is 2. The van der Waals surface area contributed by atoms with Crippen molar-refractivity contribution in [2.24, 2.45) is 17.6 Å². The van der Waals surface area contributed by atoms with E-state index in [0.29, 0.717) is 31.4 Å². The van der Waals surface area contributed by atoms with Gasteiger partial charge in [-0.2, -0.15) is 0 Å². The topological polar surface area (TPSA) is 105 Å². The first-order valence-electron chi connectivity index (χ1n) is 14.1. The summed E-state index contributed by atoms with van der Waals surface area (Å²) in [6.07, 6.45) is 3.52. The molecule has 0 aliphatic heterocycles. The molecule has 0 bridgehead atoms. The minimum absolute atomic E-state index is 0.116. The average Bonchev–Trinajstić information content (AvgIpc) is 2.92. The lowest BCUT2D eigenvalue weighted by Gasteiger charge is -2.24. The quantitative estimate of drug-likeness (QED) is 0.146. The van der Waals surface area contributed by atoms with E-state index >= 15 is 0 Å². The molecule has 0 unspecified atom stereocenters. The van der Waals surface area contributed by atoms with Crippen molar-refractivity contribution >= 4 is 22.6 Å². The molecule has 2 amide bonds. The fraction of sp³-hybridized carbons (Fsp3) is 0.438. The highest BCUT2D eigenvalue weighted by atomic mass is 16.6. The number of carbonyl (C=O) groups is 2. The van der Waals surface area contributed by atoms with Gasteiger partial charge >= 0.3 is 0 Å². The molecule has 0 spiro atoms. The lowest BCUT2D eigenvalue weighted by molar-refractivity contribution is -0.123. The van der Waals surface area contributed by atoms with Gasteiger partial charge in [0.25, 0.3) is 0 Å². The molecule has 0 fully saturated rings. The fourth-order valence-corrected chi connectivity index (χ4v) is 4.88. The van der Waals surface area contributed by atoms with E-state index in [-0.39, 0.29) is 18.9 Å². The number of hydrogen-bond acceptors (Lipinski definition) is 5. The van der Waals surface area contributed by atoms with E-state index < -0.39 is 11.9 Å². The van der Waals surface area contributed by atoms with E-state index in [9.17, 15) is 9.59 Å². The monoisotopic (exact) mass is 532 g/mol. The second-order valence-electron chi connectivity index (χ2n) is 10.6. The Morgan fingerprint density at radius 1 is 0.923 bits per heavy atom. The van der Waals surface area contributed by atoms with Crippen LogP contribution in [0.25, 0.3) is 10.8 Å². The van der Waals surface area contributed by atoms with Gasteiger partial charge in [0.2, 0.25) is 11.8 Å². The summed E-state index contributed by atoms with van der Waals surface area (Å²) in [5, 5.41) is 8.74. The van der Waals surface area contributed by atoms with E-state index in [1.165, 1.54) is 5.56 Å². The van der Waals surface area contributed by atoms with Gasteiger partial charge in [0.15, 0.2) is 0 Å². The van der Waals surface area contributed by atoms with E-state index in [4.69, 9.17) is 10.6 Å². The Morgan fingerprint density at radius 3 is 2.44 bits per heavy atom. The number of primary amides is 1. The third kappa shape index (κ3) is 11.2. The number of hydrogen-bond donors (Lipinski definition) is 4. The zero-order valence-corrected chi connectivity index (χ0v) is 23.3.